The van der Waals surface area contributed by atoms with Crippen LogP contribution in [0.5, 0.6) is 0 Å². The monoisotopic (exact) mass is 399 g/mol. The first-order chi connectivity index (χ1) is 14.6. The number of carbonyl (C=O) groups is 2. The summed E-state index contributed by atoms with van der Waals surface area (Å²) < 4.78 is 0. The quantitative estimate of drug-likeness (QED) is 0.627. The molecule has 4 rings (SSSR count). The van der Waals surface area contributed by atoms with Crippen molar-refractivity contribution in [3.63, 3.8) is 0 Å². The summed E-state index contributed by atoms with van der Waals surface area (Å²) in [5.74, 6) is -0.487. The van der Waals surface area contributed by atoms with Crippen LogP contribution in [-0.2, 0) is 0 Å². The van der Waals surface area contributed by atoms with E-state index in [2.05, 4.69) is 15.5 Å². The van der Waals surface area contributed by atoms with Crippen LogP contribution in [0.15, 0.2) is 72.8 Å². The molecule has 5 nitrogen and oxygen atoms in total. The second kappa shape index (κ2) is 8.82. The van der Waals surface area contributed by atoms with Gasteiger partial charge in [-0.1, -0.05) is 18.2 Å². The highest BCUT2D eigenvalue weighted by Gasteiger charge is 2.13. The molecule has 152 valence electrons. The van der Waals surface area contributed by atoms with Gasteiger partial charge in [0.2, 0.25) is 0 Å². The molecule has 0 atom stereocenters. The van der Waals surface area contributed by atoms with Crippen LogP contribution >= 0.6 is 0 Å². The number of hydrogen-bond acceptors (Lipinski definition) is 3. The molecule has 1 fully saturated rings. The predicted octanol–water partition coefficient (Wildman–Crippen LogP) is 5.10. The number of amides is 2. The lowest BCUT2D eigenvalue weighted by atomic mass is 10.1. The van der Waals surface area contributed by atoms with Crippen LogP contribution in [-0.4, -0.2) is 24.9 Å². The third-order valence-electron chi connectivity index (χ3n) is 5.26. The number of benzene rings is 3. The van der Waals surface area contributed by atoms with E-state index in [0.29, 0.717) is 11.1 Å². The van der Waals surface area contributed by atoms with E-state index in [1.54, 1.807) is 24.3 Å². The molecule has 30 heavy (non-hydrogen) atoms. The van der Waals surface area contributed by atoms with Crippen LogP contribution in [0, 0.1) is 6.92 Å². The van der Waals surface area contributed by atoms with Crippen LogP contribution in [0.2, 0.25) is 0 Å². The number of aryl methyl sites for hydroxylation is 1. The summed E-state index contributed by atoms with van der Waals surface area (Å²) in [5.41, 5.74) is 4.59. The molecule has 1 heterocycles. The highest BCUT2D eigenvalue weighted by molar-refractivity contribution is 6.08. The van der Waals surface area contributed by atoms with Gasteiger partial charge in [0, 0.05) is 41.3 Å². The zero-order valence-electron chi connectivity index (χ0n) is 17.0. The summed E-state index contributed by atoms with van der Waals surface area (Å²) in [6.07, 6.45) is 2.46. The van der Waals surface area contributed by atoms with E-state index in [0.717, 1.165) is 30.0 Å². The first-order valence-electron chi connectivity index (χ1n) is 10.2. The molecule has 1 aliphatic rings. The van der Waals surface area contributed by atoms with Gasteiger partial charge in [0.15, 0.2) is 0 Å². The fraction of sp³-hybridized carbons (Fsp3) is 0.200. The maximum Gasteiger partial charge on any atom is 0.255 e. The average Bonchev–Trinajstić information content (AvgIpc) is 3.29. The molecule has 1 saturated heterocycles. The molecule has 2 N–H and O–H groups in total. The zero-order chi connectivity index (χ0) is 20.9. The van der Waals surface area contributed by atoms with Gasteiger partial charge in [-0.3, -0.25) is 9.59 Å². The molecular formula is C25H25N3O2. The van der Waals surface area contributed by atoms with Crippen LogP contribution in [0.25, 0.3) is 0 Å². The van der Waals surface area contributed by atoms with Crippen LogP contribution < -0.4 is 15.5 Å². The first kappa shape index (κ1) is 19.7. The molecule has 2 amide bonds. The fourth-order valence-electron chi connectivity index (χ4n) is 3.66. The lowest BCUT2D eigenvalue weighted by molar-refractivity contribution is 0.102. The molecule has 0 aromatic heterocycles. The summed E-state index contributed by atoms with van der Waals surface area (Å²) in [7, 11) is 0. The first-order valence-corrected chi connectivity index (χ1v) is 10.2. The van der Waals surface area contributed by atoms with Gasteiger partial charge in [-0.25, -0.2) is 0 Å². The van der Waals surface area contributed by atoms with Crippen molar-refractivity contribution < 1.29 is 9.59 Å². The molecule has 0 saturated carbocycles. The third kappa shape index (κ3) is 4.69. The summed E-state index contributed by atoms with van der Waals surface area (Å²) in [6.45, 7) is 4.14. The Morgan fingerprint density at radius 2 is 1.33 bits per heavy atom. The highest BCUT2D eigenvalue weighted by Crippen LogP contribution is 2.22. The van der Waals surface area contributed by atoms with Crippen molar-refractivity contribution >= 4 is 28.9 Å². The van der Waals surface area contributed by atoms with Crippen molar-refractivity contribution in [2.24, 2.45) is 0 Å². The summed E-state index contributed by atoms with van der Waals surface area (Å²) in [5, 5.41) is 5.78. The minimum absolute atomic E-state index is 0.242. The van der Waals surface area contributed by atoms with Gasteiger partial charge in [0.25, 0.3) is 11.8 Å². The Morgan fingerprint density at radius 3 is 1.97 bits per heavy atom. The van der Waals surface area contributed by atoms with E-state index in [9.17, 15) is 9.59 Å². The van der Waals surface area contributed by atoms with Crippen molar-refractivity contribution in [1.82, 2.24) is 0 Å². The lowest BCUT2D eigenvalue weighted by Gasteiger charge is -2.17. The SMILES string of the molecule is Cc1cccc(NC(=O)c2cccc(C(=O)Nc3ccc(N4CCCC4)cc3)c2)c1. The summed E-state index contributed by atoms with van der Waals surface area (Å²) in [6, 6.07) is 22.2. The molecule has 3 aromatic rings. The van der Waals surface area contributed by atoms with E-state index in [-0.39, 0.29) is 11.8 Å². The van der Waals surface area contributed by atoms with E-state index in [4.69, 9.17) is 0 Å². The number of anilines is 3. The molecule has 0 aliphatic carbocycles. The topological polar surface area (TPSA) is 61.4 Å². The number of carbonyl (C=O) groups excluding carboxylic acids is 2. The Kier molecular flexibility index (Phi) is 5.80. The van der Waals surface area contributed by atoms with Crippen molar-refractivity contribution in [3.05, 3.63) is 89.5 Å². The van der Waals surface area contributed by atoms with E-state index < -0.39 is 0 Å². The second-order valence-electron chi connectivity index (χ2n) is 7.60. The van der Waals surface area contributed by atoms with Gasteiger partial charge in [0.05, 0.1) is 0 Å². The molecule has 1 aliphatic heterocycles. The van der Waals surface area contributed by atoms with E-state index >= 15 is 0 Å². The highest BCUT2D eigenvalue weighted by atomic mass is 16.2. The minimum atomic E-state index is -0.245. The molecule has 0 bridgehead atoms. The normalized spacial score (nSPS) is 13.2. The van der Waals surface area contributed by atoms with Gasteiger partial charge in [-0.05, 0) is 79.9 Å². The van der Waals surface area contributed by atoms with Crippen molar-refractivity contribution in [2.45, 2.75) is 19.8 Å². The van der Waals surface area contributed by atoms with E-state index in [1.807, 2.05) is 55.5 Å². The number of nitrogens with zero attached hydrogens (tertiary/aromatic N) is 1. The van der Waals surface area contributed by atoms with Gasteiger partial charge in [0.1, 0.15) is 0 Å². The standard InChI is InChI=1S/C25H25N3O2/c1-18-6-4-9-22(16-18)27-25(30)20-8-5-7-19(17-20)24(29)26-21-10-12-23(13-11-21)28-14-2-3-15-28/h4-13,16-17H,2-3,14-15H2,1H3,(H,26,29)(H,27,30). The maximum atomic E-state index is 12.7. The van der Waals surface area contributed by atoms with Gasteiger partial charge in [-0.2, -0.15) is 0 Å². The predicted molar refractivity (Wildman–Crippen MR) is 121 cm³/mol. The smallest absolute Gasteiger partial charge is 0.255 e. The van der Waals surface area contributed by atoms with Crippen molar-refractivity contribution in [1.29, 1.82) is 0 Å². The van der Waals surface area contributed by atoms with E-state index in [1.165, 1.54) is 18.5 Å². The largest absolute Gasteiger partial charge is 0.372 e. The number of rotatable bonds is 5. The fourth-order valence-corrected chi connectivity index (χ4v) is 3.66. The van der Waals surface area contributed by atoms with Crippen LogP contribution in [0.1, 0.15) is 39.1 Å². The second-order valence-corrected chi connectivity index (χ2v) is 7.60. The Morgan fingerprint density at radius 1 is 0.733 bits per heavy atom. The zero-order valence-corrected chi connectivity index (χ0v) is 17.0. The third-order valence-corrected chi connectivity index (χ3v) is 5.26. The van der Waals surface area contributed by atoms with Crippen molar-refractivity contribution in [3.8, 4) is 0 Å². The van der Waals surface area contributed by atoms with Gasteiger partial charge < -0.3 is 15.5 Å². The van der Waals surface area contributed by atoms with Gasteiger partial charge >= 0.3 is 0 Å². The van der Waals surface area contributed by atoms with Crippen molar-refractivity contribution in [2.75, 3.05) is 28.6 Å². The molecule has 0 unspecified atom stereocenters. The minimum Gasteiger partial charge on any atom is -0.372 e. The molecular weight excluding hydrogens is 374 g/mol. The Hall–Kier alpha value is -3.60. The Labute approximate surface area is 176 Å². The summed E-state index contributed by atoms with van der Waals surface area (Å²) in [4.78, 5) is 27.6. The van der Waals surface area contributed by atoms with Crippen LogP contribution in [0.4, 0.5) is 17.1 Å². The summed E-state index contributed by atoms with van der Waals surface area (Å²) >= 11 is 0. The number of hydrogen-bond donors (Lipinski definition) is 2. The molecule has 5 heteroatoms. The van der Waals surface area contributed by atoms with Gasteiger partial charge in [-0.15, -0.1) is 0 Å². The molecule has 3 aromatic carbocycles. The maximum absolute atomic E-state index is 12.7. The molecule has 0 radical (unpaired) electrons. The molecule has 0 spiro atoms. The Bertz CT molecular complexity index is 1050. The lowest BCUT2D eigenvalue weighted by Crippen LogP contribution is -2.18. The Balaban J connectivity index is 1.42. The number of nitrogens with one attached hydrogen (secondary N) is 2. The van der Waals surface area contributed by atoms with Crippen LogP contribution in [0.3, 0.4) is 0 Å². The average molecular weight is 399 g/mol.